The van der Waals surface area contributed by atoms with Crippen molar-refractivity contribution in [1.29, 1.82) is 0 Å². The highest BCUT2D eigenvalue weighted by Gasteiger charge is 2.28. The van der Waals surface area contributed by atoms with Gasteiger partial charge in [-0.05, 0) is 85.5 Å². The smallest absolute Gasteiger partial charge is 0.341 e. The molecule has 0 radical (unpaired) electrons. The Kier molecular flexibility index (Phi) is 5.19. The first-order chi connectivity index (χ1) is 13.0. The first kappa shape index (κ1) is 18.4. The third-order valence-electron chi connectivity index (χ3n) is 5.48. The molecule has 4 rings (SSSR count). The number of fused-ring (bicyclic) bond motifs is 2. The summed E-state index contributed by atoms with van der Waals surface area (Å²) in [6, 6.07) is 6.43. The molecule has 142 valence electrons. The maximum Gasteiger partial charge on any atom is 0.341 e. The fourth-order valence-corrected chi connectivity index (χ4v) is 5.76. The number of carbonyl (C=O) groups is 1. The molecule has 0 saturated heterocycles. The predicted molar refractivity (Wildman–Crippen MR) is 115 cm³/mol. The zero-order valence-electron chi connectivity index (χ0n) is 15.7. The molecule has 0 amide bonds. The van der Waals surface area contributed by atoms with E-state index in [2.05, 4.69) is 35.8 Å². The largest absolute Gasteiger partial charge is 0.465 e. The first-order valence-corrected chi connectivity index (χ1v) is 10.7. The Bertz CT molecular complexity index is 904. The van der Waals surface area contributed by atoms with E-state index < -0.39 is 0 Å². The SMILES string of the molecule is COC(=O)c1c(NC(=S)Nc2ccc3c(c2)CCC3)sc2c1CCC(C)C2. The number of hydrogen-bond donors (Lipinski definition) is 2. The number of carbonyl (C=O) groups excluding carboxylic acids is 1. The van der Waals surface area contributed by atoms with Gasteiger partial charge in [0, 0.05) is 10.6 Å². The molecule has 6 heteroatoms. The van der Waals surface area contributed by atoms with Crippen LogP contribution >= 0.6 is 23.6 Å². The van der Waals surface area contributed by atoms with Gasteiger partial charge in [-0.2, -0.15) is 0 Å². The van der Waals surface area contributed by atoms with Gasteiger partial charge < -0.3 is 15.4 Å². The molecule has 2 aromatic rings. The van der Waals surface area contributed by atoms with Crippen molar-refractivity contribution in [2.75, 3.05) is 17.7 Å². The highest BCUT2D eigenvalue weighted by atomic mass is 32.1. The van der Waals surface area contributed by atoms with E-state index in [1.54, 1.807) is 11.3 Å². The molecule has 0 fully saturated rings. The second-order valence-corrected chi connectivity index (χ2v) is 8.98. The second kappa shape index (κ2) is 7.60. The monoisotopic (exact) mass is 400 g/mol. The lowest BCUT2D eigenvalue weighted by Crippen LogP contribution is -2.20. The first-order valence-electron chi connectivity index (χ1n) is 9.47. The minimum Gasteiger partial charge on any atom is -0.465 e. The molecule has 2 aliphatic rings. The maximum atomic E-state index is 12.4. The highest BCUT2D eigenvalue weighted by Crippen LogP contribution is 2.40. The van der Waals surface area contributed by atoms with Crippen LogP contribution in [0.4, 0.5) is 10.7 Å². The van der Waals surface area contributed by atoms with E-state index in [-0.39, 0.29) is 5.97 Å². The van der Waals surface area contributed by atoms with E-state index in [1.165, 1.54) is 36.0 Å². The number of thiophene rings is 1. The standard InChI is InChI=1S/C21H24N2O2S2/c1-12-6-9-16-17(10-12)27-19(18(16)20(24)25-2)23-21(26)22-15-8-7-13-4-3-5-14(13)11-15/h7-8,11-12H,3-6,9-10H2,1-2H3,(H2,22,23,26). The van der Waals surface area contributed by atoms with Gasteiger partial charge in [0.15, 0.2) is 5.11 Å². The van der Waals surface area contributed by atoms with Crippen LogP contribution < -0.4 is 10.6 Å². The summed E-state index contributed by atoms with van der Waals surface area (Å²) in [4.78, 5) is 13.7. The van der Waals surface area contributed by atoms with Gasteiger partial charge in [-0.15, -0.1) is 11.3 Å². The highest BCUT2D eigenvalue weighted by molar-refractivity contribution is 7.80. The molecule has 1 aromatic carbocycles. The van der Waals surface area contributed by atoms with Crippen LogP contribution in [0.3, 0.4) is 0 Å². The van der Waals surface area contributed by atoms with Crippen molar-refractivity contribution in [3.8, 4) is 0 Å². The van der Waals surface area contributed by atoms with Crippen LogP contribution in [-0.2, 0) is 30.4 Å². The molecule has 0 saturated carbocycles. The van der Waals surface area contributed by atoms with E-state index >= 15 is 0 Å². The minimum atomic E-state index is -0.287. The van der Waals surface area contributed by atoms with Crippen LogP contribution in [0.25, 0.3) is 0 Å². The summed E-state index contributed by atoms with van der Waals surface area (Å²) in [5.74, 6) is 0.357. The van der Waals surface area contributed by atoms with Crippen molar-refractivity contribution >= 4 is 45.3 Å². The Morgan fingerprint density at radius 1 is 1.22 bits per heavy atom. The Morgan fingerprint density at radius 2 is 2.04 bits per heavy atom. The summed E-state index contributed by atoms with van der Waals surface area (Å²) in [7, 11) is 1.43. The Morgan fingerprint density at radius 3 is 2.85 bits per heavy atom. The second-order valence-electron chi connectivity index (χ2n) is 7.46. The molecule has 0 spiro atoms. The minimum absolute atomic E-state index is 0.287. The fourth-order valence-electron chi connectivity index (χ4n) is 4.07. The van der Waals surface area contributed by atoms with Gasteiger partial charge in [-0.25, -0.2) is 4.79 Å². The van der Waals surface area contributed by atoms with E-state index in [0.29, 0.717) is 16.6 Å². The molecular weight excluding hydrogens is 376 g/mol. The van der Waals surface area contributed by atoms with Crippen molar-refractivity contribution in [2.45, 2.75) is 45.4 Å². The van der Waals surface area contributed by atoms with Crippen LogP contribution in [0.5, 0.6) is 0 Å². The zero-order chi connectivity index (χ0) is 19.0. The summed E-state index contributed by atoms with van der Waals surface area (Å²) in [6.45, 7) is 2.26. The number of anilines is 2. The Balaban J connectivity index is 1.54. The summed E-state index contributed by atoms with van der Waals surface area (Å²) >= 11 is 7.15. The number of rotatable bonds is 3. The molecular formula is C21H24N2O2S2. The van der Waals surface area contributed by atoms with Crippen molar-refractivity contribution in [3.05, 3.63) is 45.3 Å². The maximum absolute atomic E-state index is 12.4. The van der Waals surface area contributed by atoms with Gasteiger partial charge in [0.2, 0.25) is 0 Å². The average Bonchev–Trinajstić information content (AvgIpc) is 3.24. The molecule has 0 bridgehead atoms. The number of methoxy groups -OCH3 is 1. The predicted octanol–water partition coefficient (Wildman–Crippen LogP) is 4.96. The lowest BCUT2D eigenvalue weighted by atomic mass is 9.88. The van der Waals surface area contributed by atoms with Crippen molar-refractivity contribution in [1.82, 2.24) is 0 Å². The van der Waals surface area contributed by atoms with Crippen molar-refractivity contribution in [2.24, 2.45) is 5.92 Å². The summed E-state index contributed by atoms with van der Waals surface area (Å²) in [6.07, 6.45) is 6.56. The van der Waals surface area contributed by atoms with Gasteiger partial charge in [-0.3, -0.25) is 0 Å². The van der Waals surface area contributed by atoms with Gasteiger partial charge >= 0.3 is 5.97 Å². The summed E-state index contributed by atoms with van der Waals surface area (Å²) < 4.78 is 5.04. The molecule has 27 heavy (non-hydrogen) atoms. The van der Waals surface area contributed by atoms with E-state index in [4.69, 9.17) is 17.0 Å². The number of esters is 1. The number of ether oxygens (including phenoxy) is 1. The van der Waals surface area contributed by atoms with E-state index in [1.807, 2.05) is 0 Å². The van der Waals surface area contributed by atoms with Crippen LogP contribution in [0.15, 0.2) is 18.2 Å². The van der Waals surface area contributed by atoms with Crippen molar-refractivity contribution in [3.63, 3.8) is 0 Å². The molecule has 2 aliphatic carbocycles. The Labute approximate surface area is 169 Å². The molecule has 0 aliphatic heterocycles. The van der Waals surface area contributed by atoms with Crippen LogP contribution in [-0.4, -0.2) is 18.2 Å². The molecule has 4 nitrogen and oxygen atoms in total. The third kappa shape index (κ3) is 3.73. The van der Waals surface area contributed by atoms with Gasteiger partial charge in [-0.1, -0.05) is 13.0 Å². The fraction of sp³-hybridized carbons (Fsp3) is 0.429. The molecule has 1 atom stereocenters. The van der Waals surface area contributed by atoms with Crippen LogP contribution in [0.1, 0.15) is 51.7 Å². The number of benzene rings is 1. The zero-order valence-corrected chi connectivity index (χ0v) is 17.3. The van der Waals surface area contributed by atoms with Crippen LogP contribution in [0, 0.1) is 5.92 Å². The lowest BCUT2D eigenvalue weighted by Gasteiger charge is -2.18. The summed E-state index contributed by atoms with van der Waals surface area (Å²) in [5.41, 5.74) is 5.61. The lowest BCUT2D eigenvalue weighted by molar-refractivity contribution is 0.0601. The van der Waals surface area contributed by atoms with Gasteiger partial charge in [0.05, 0.1) is 12.7 Å². The molecule has 2 N–H and O–H groups in total. The van der Waals surface area contributed by atoms with Crippen LogP contribution in [0.2, 0.25) is 0 Å². The number of hydrogen-bond acceptors (Lipinski definition) is 4. The summed E-state index contributed by atoms with van der Waals surface area (Å²) in [5, 5.41) is 7.82. The average molecular weight is 401 g/mol. The van der Waals surface area contributed by atoms with Gasteiger partial charge in [0.25, 0.3) is 0 Å². The quantitative estimate of drug-likeness (QED) is 0.563. The normalized spacial score (nSPS) is 17.8. The third-order valence-corrected chi connectivity index (χ3v) is 6.86. The number of thiocarbonyl (C=S) groups is 1. The number of aryl methyl sites for hydroxylation is 2. The topological polar surface area (TPSA) is 50.4 Å². The molecule has 1 unspecified atom stereocenters. The molecule has 1 aromatic heterocycles. The van der Waals surface area contributed by atoms with Gasteiger partial charge in [0.1, 0.15) is 5.00 Å². The number of nitrogens with one attached hydrogen (secondary N) is 2. The van der Waals surface area contributed by atoms with E-state index in [0.717, 1.165) is 41.9 Å². The van der Waals surface area contributed by atoms with Crippen molar-refractivity contribution < 1.29 is 9.53 Å². The van der Waals surface area contributed by atoms with E-state index in [9.17, 15) is 4.79 Å². The Hall–Kier alpha value is -1.92. The molecule has 1 heterocycles.